The lowest BCUT2D eigenvalue weighted by Crippen LogP contribution is -2.13. The van der Waals surface area contributed by atoms with E-state index in [1.807, 2.05) is 0 Å². The van der Waals surface area contributed by atoms with Crippen molar-refractivity contribution < 1.29 is 17.6 Å². The molecule has 0 spiro atoms. The summed E-state index contributed by atoms with van der Waals surface area (Å²) in [5.74, 6) is -1.05. The van der Waals surface area contributed by atoms with Crippen LogP contribution in [0.15, 0.2) is 46.9 Å². The highest BCUT2D eigenvalue weighted by atomic mass is 79.9. The van der Waals surface area contributed by atoms with Gasteiger partial charge in [0, 0.05) is 15.7 Å². The van der Waals surface area contributed by atoms with Crippen molar-refractivity contribution in [2.75, 3.05) is 16.3 Å². The molecule has 0 aliphatic carbocycles. The number of sulfonamides is 1. The Hall–Kier alpha value is -1.93. The summed E-state index contributed by atoms with van der Waals surface area (Å²) in [7, 11) is -3.37. The zero-order valence-corrected chi connectivity index (χ0v) is 13.8. The van der Waals surface area contributed by atoms with Crippen LogP contribution in [0.1, 0.15) is 10.4 Å². The largest absolute Gasteiger partial charge is 0.319 e. The number of nitrogens with one attached hydrogen (secondary N) is 2. The van der Waals surface area contributed by atoms with E-state index in [0.29, 0.717) is 10.2 Å². The first-order chi connectivity index (χ1) is 10.2. The minimum absolute atomic E-state index is 0.0616. The molecule has 0 saturated heterocycles. The fourth-order valence-electron chi connectivity index (χ4n) is 1.69. The maximum atomic E-state index is 13.7. The van der Waals surface area contributed by atoms with Crippen LogP contribution in [-0.2, 0) is 10.0 Å². The molecular weight excluding hydrogens is 375 g/mol. The van der Waals surface area contributed by atoms with E-state index in [1.54, 1.807) is 6.07 Å². The lowest BCUT2D eigenvalue weighted by molar-refractivity contribution is 0.102. The minimum Gasteiger partial charge on any atom is -0.319 e. The molecule has 0 bridgehead atoms. The predicted molar refractivity (Wildman–Crippen MR) is 87.0 cm³/mol. The topological polar surface area (TPSA) is 75.3 Å². The predicted octanol–water partition coefficient (Wildman–Crippen LogP) is 3.21. The molecule has 0 atom stereocenters. The van der Waals surface area contributed by atoms with E-state index in [0.717, 1.165) is 6.26 Å². The normalized spacial score (nSPS) is 11.0. The molecule has 2 aromatic rings. The van der Waals surface area contributed by atoms with Crippen LogP contribution in [0, 0.1) is 5.82 Å². The molecule has 22 heavy (non-hydrogen) atoms. The monoisotopic (exact) mass is 386 g/mol. The highest BCUT2D eigenvalue weighted by molar-refractivity contribution is 9.10. The summed E-state index contributed by atoms with van der Waals surface area (Å²) in [4.78, 5) is 12.0. The van der Waals surface area contributed by atoms with E-state index in [9.17, 15) is 17.6 Å². The van der Waals surface area contributed by atoms with Crippen molar-refractivity contribution >= 4 is 43.2 Å². The summed E-state index contributed by atoms with van der Waals surface area (Å²) in [5, 5.41) is 2.45. The first-order valence-corrected chi connectivity index (χ1v) is 8.77. The van der Waals surface area contributed by atoms with E-state index < -0.39 is 21.7 Å². The van der Waals surface area contributed by atoms with Gasteiger partial charge in [0.2, 0.25) is 10.0 Å². The summed E-state index contributed by atoms with van der Waals surface area (Å²) in [6.07, 6.45) is 1.03. The molecule has 2 N–H and O–H groups in total. The van der Waals surface area contributed by atoms with Gasteiger partial charge in [0.25, 0.3) is 5.91 Å². The summed E-state index contributed by atoms with van der Waals surface area (Å²) in [5.41, 5.74) is 0.682. The van der Waals surface area contributed by atoms with Gasteiger partial charge >= 0.3 is 0 Å². The smallest absolute Gasteiger partial charge is 0.255 e. The molecule has 8 heteroatoms. The second-order valence-electron chi connectivity index (χ2n) is 4.53. The SMILES string of the molecule is CS(=O)(=O)Nc1ccc(C(=O)Nc2ccc(Br)cc2F)cc1. The van der Waals surface area contributed by atoms with Crippen molar-refractivity contribution in [1.29, 1.82) is 0 Å². The molecule has 2 rings (SSSR count). The molecule has 0 aliphatic heterocycles. The second kappa shape index (κ2) is 6.45. The van der Waals surface area contributed by atoms with Crippen LogP contribution in [0.5, 0.6) is 0 Å². The molecule has 0 heterocycles. The van der Waals surface area contributed by atoms with Crippen LogP contribution >= 0.6 is 15.9 Å². The van der Waals surface area contributed by atoms with Crippen molar-refractivity contribution in [2.45, 2.75) is 0 Å². The Morgan fingerprint density at radius 3 is 2.32 bits per heavy atom. The maximum Gasteiger partial charge on any atom is 0.255 e. The Bertz CT molecular complexity index is 807. The molecule has 5 nitrogen and oxygen atoms in total. The van der Waals surface area contributed by atoms with Crippen molar-refractivity contribution in [3.05, 3.63) is 58.3 Å². The Labute approximate surface area is 135 Å². The molecule has 0 fully saturated rings. The zero-order valence-electron chi connectivity index (χ0n) is 11.4. The van der Waals surface area contributed by atoms with Gasteiger partial charge in [0.15, 0.2) is 0 Å². The lowest BCUT2D eigenvalue weighted by Gasteiger charge is -2.08. The molecular formula is C14H12BrFN2O3S. The quantitative estimate of drug-likeness (QED) is 0.846. The molecule has 116 valence electrons. The van der Waals surface area contributed by atoms with Gasteiger partial charge in [0.1, 0.15) is 5.82 Å². The number of rotatable bonds is 4. The van der Waals surface area contributed by atoms with Crippen molar-refractivity contribution in [2.24, 2.45) is 0 Å². The highest BCUT2D eigenvalue weighted by Gasteiger charge is 2.10. The molecule has 2 aromatic carbocycles. The minimum atomic E-state index is -3.37. The van der Waals surface area contributed by atoms with Crippen LogP contribution in [0.2, 0.25) is 0 Å². The van der Waals surface area contributed by atoms with Crippen LogP contribution in [0.25, 0.3) is 0 Å². The van der Waals surface area contributed by atoms with Gasteiger partial charge in [-0.1, -0.05) is 15.9 Å². The standard InChI is InChI=1S/C14H12BrFN2O3S/c1-22(20,21)18-11-5-2-9(3-6-11)14(19)17-13-7-4-10(15)8-12(13)16/h2-8,18H,1H3,(H,17,19). The van der Waals surface area contributed by atoms with E-state index >= 15 is 0 Å². The average molecular weight is 387 g/mol. The Morgan fingerprint density at radius 1 is 1.14 bits per heavy atom. The van der Waals surface area contributed by atoms with Crippen molar-refractivity contribution in [3.8, 4) is 0 Å². The number of halogens is 2. The van der Waals surface area contributed by atoms with Gasteiger partial charge in [-0.3, -0.25) is 9.52 Å². The van der Waals surface area contributed by atoms with Crippen LogP contribution in [0.3, 0.4) is 0 Å². The zero-order chi connectivity index (χ0) is 16.3. The van der Waals surface area contributed by atoms with Gasteiger partial charge in [-0.25, -0.2) is 12.8 Å². The van der Waals surface area contributed by atoms with Crippen LogP contribution in [0.4, 0.5) is 15.8 Å². The third-order valence-corrected chi connectivity index (χ3v) is 3.73. The van der Waals surface area contributed by atoms with Gasteiger partial charge in [-0.2, -0.15) is 0 Å². The maximum absolute atomic E-state index is 13.7. The molecule has 0 saturated carbocycles. The number of carbonyl (C=O) groups is 1. The Kier molecular flexibility index (Phi) is 4.82. The average Bonchev–Trinajstić information content (AvgIpc) is 2.41. The van der Waals surface area contributed by atoms with Gasteiger partial charge in [-0.15, -0.1) is 0 Å². The molecule has 0 unspecified atom stereocenters. The fourth-order valence-corrected chi connectivity index (χ4v) is 2.59. The highest BCUT2D eigenvalue weighted by Crippen LogP contribution is 2.20. The van der Waals surface area contributed by atoms with Crippen molar-refractivity contribution in [1.82, 2.24) is 0 Å². The van der Waals surface area contributed by atoms with Gasteiger partial charge in [-0.05, 0) is 42.5 Å². The van der Waals surface area contributed by atoms with E-state index in [-0.39, 0.29) is 11.3 Å². The van der Waals surface area contributed by atoms with Crippen LogP contribution in [-0.4, -0.2) is 20.6 Å². The van der Waals surface area contributed by atoms with E-state index in [1.165, 1.54) is 36.4 Å². The summed E-state index contributed by atoms with van der Waals surface area (Å²) in [6, 6.07) is 10.1. The van der Waals surface area contributed by atoms with Crippen molar-refractivity contribution in [3.63, 3.8) is 0 Å². The number of hydrogen-bond acceptors (Lipinski definition) is 3. The number of benzene rings is 2. The summed E-state index contributed by atoms with van der Waals surface area (Å²) < 4.78 is 38.7. The molecule has 0 radical (unpaired) electrons. The molecule has 0 aromatic heterocycles. The number of amides is 1. The van der Waals surface area contributed by atoms with E-state index in [2.05, 4.69) is 26.0 Å². The number of hydrogen-bond donors (Lipinski definition) is 2. The third kappa shape index (κ3) is 4.54. The summed E-state index contributed by atoms with van der Waals surface area (Å²) >= 11 is 3.13. The first kappa shape index (κ1) is 16.4. The fraction of sp³-hybridized carbons (Fsp3) is 0.0714. The lowest BCUT2D eigenvalue weighted by atomic mass is 10.2. The second-order valence-corrected chi connectivity index (χ2v) is 7.19. The van der Waals surface area contributed by atoms with Crippen LogP contribution < -0.4 is 10.0 Å². The molecule has 1 amide bonds. The Morgan fingerprint density at radius 2 is 1.77 bits per heavy atom. The third-order valence-electron chi connectivity index (χ3n) is 2.63. The number of anilines is 2. The summed E-state index contributed by atoms with van der Waals surface area (Å²) in [6.45, 7) is 0. The van der Waals surface area contributed by atoms with Gasteiger partial charge in [0.05, 0.1) is 11.9 Å². The number of carbonyl (C=O) groups excluding carboxylic acids is 1. The Balaban J connectivity index is 2.13. The van der Waals surface area contributed by atoms with E-state index in [4.69, 9.17) is 0 Å². The van der Waals surface area contributed by atoms with Gasteiger partial charge < -0.3 is 5.32 Å². The molecule has 0 aliphatic rings. The first-order valence-electron chi connectivity index (χ1n) is 6.09.